The average Bonchev–Trinajstić information content (AvgIpc) is 2.71. The van der Waals surface area contributed by atoms with Crippen molar-refractivity contribution in [2.75, 3.05) is 33.9 Å². The lowest BCUT2D eigenvalue weighted by molar-refractivity contribution is -0.133. The maximum atomic E-state index is 11.9. The van der Waals surface area contributed by atoms with Crippen molar-refractivity contribution in [1.29, 1.82) is 0 Å². The van der Waals surface area contributed by atoms with Gasteiger partial charge in [-0.15, -0.1) is 0 Å². The SMILES string of the molecule is CN(C)C(=O)[C@@H]1CC(=O)N(C2CCOCC2)C1. The second-order valence-corrected chi connectivity index (χ2v) is 5.02. The highest BCUT2D eigenvalue weighted by Gasteiger charge is 2.38. The Hall–Kier alpha value is -1.10. The number of carbonyl (C=O) groups excluding carboxylic acids is 2. The molecule has 2 fully saturated rings. The first-order valence-corrected chi connectivity index (χ1v) is 6.18. The minimum Gasteiger partial charge on any atom is -0.381 e. The van der Waals surface area contributed by atoms with Gasteiger partial charge in [-0.3, -0.25) is 9.59 Å². The molecule has 5 nitrogen and oxygen atoms in total. The van der Waals surface area contributed by atoms with Crippen LogP contribution >= 0.6 is 0 Å². The molecule has 0 aromatic rings. The van der Waals surface area contributed by atoms with Crippen LogP contribution in [0.3, 0.4) is 0 Å². The van der Waals surface area contributed by atoms with Gasteiger partial charge in [0, 0.05) is 46.3 Å². The number of ether oxygens (including phenoxy) is 1. The Morgan fingerprint density at radius 1 is 1.35 bits per heavy atom. The van der Waals surface area contributed by atoms with E-state index in [4.69, 9.17) is 4.74 Å². The van der Waals surface area contributed by atoms with Crippen molar-refractivity contribution in [2.45, 2.75) is 25.3 Å². The summed E-state index contributed by atoms with van der Waals surface area (Å²) in [5, 5.41) is 0. The maximum absolute atomic E-state index is 11.9. The molecule has 0 aromatic heterocycles. The number of hydrogen-bond acceptors (Lipinski definition) is 3. The van der Waals surface area contributed by atoms with E-state index in [-0.39, 0.29) is 23.8 Å². The van der Waals surface area contributed by atoms with E-state index in [1.54, 1.807) is 19.0 Å². The third-order valence-electron chi connectivity index (χ3n) is 3.58. The summed E-state index contributed by atoms with van der Waals surface area (Å²) < 4.78 is 5.29. The maximum Gasteiger partial charge on any atom is 0.227 e. The molecule has 96 valence electrons. The third kappa shape index (κ3) is 2.60. The van der Waals surface area contributed by atoms with Gasteiger partial charge < -0.3 is 14.5 Å². The van der Waals surface area contributed by atoms with Crippen molar-refractivity contribution >= 4 is 11.8 Å². The van der Waals surface area contributed by atoms with Crippen LogP contribution in [0.25, 0.3) is 0 Å². The summed E-state index contributed by atoms with van der Waals surface area (Å²) in [6.07, 6.45) is 2.16. The van der Waals surface area contributed by atoms with E-state index in [2.05, 4.69) is 0 Å². The molecule has 0 spiro atoms. The van der Waals surface area contributed by atoms with Crippen LogP contribution < -0.4 is 0 Å². The molecular formula is C12H20N2O3. The molecule has 0 bridgehead atoms. The van der Waals surface area contributed by atoms with E-state index in [0.29, 0.717) is 13.0 Å². The van der Waals surface area contributed by atoms with E-state index in [9.17, 15) is 9.59 Å². The Kier molecular flexibility index (Phi) is 3.66. The topological polar surface area (TPSA) is 49.9 Å². The molecule has 0 aromatic carbocycles. The molecular weight excluding hydrogens is 220 g/mol. The number of likely N-dealkylation sites (tertiary alicyclic amines) is 1. The fourth-order valence-electron chi connectivity index (χ4n) is 2.61. The highest BCUT2D eigenvalue weighted by Crippen LogP contribution is 2.25. The van der Waals surface area contributed by atoms with Gasteiger partial charge >= 0.3 is 0 Å². The van der Waals surface area contributed by atoms with Gasteiger partial charge in [-0.05, 0) is 12.8 Å². The predicted molar refractivity (Wildman–Crippen MR) is 62.4 cm³/mol. The number of amides is 2. The first-order chi connectivity index (χ1) is 8.09. The summed E-state index contributed by atoms with van der Waals surface area (Å²) >= 11 is 0. The molecule has 0 radical (unpaired) electrons. The molecule has 2 heterocycles. The normalized spacial score (nSPS) is 26.4. The van der Waals surface area contributed by atoms with E-state index >= 15 is 0 Å². The molecule has 1 atom stereocenters. The highest BCUT2D eigenvalue weighted by molar-refractivity contribution is 5.89. The van der Waals surface area contributed by atoms with Gasteiger partial charge in [0.1, 0.15) is 0 Å². The number of nitrogens with zero attached hydrogens (tertiary/aromatic N) is 2. The minimum absolute atomic E-state index is 0.0629. The predicted octanol–water partition coefficient (Wildman–Crippen LogP) is 0.102. The Labute approximate surface area is 102 Å². The average molecular weight is 240 g/mol. The largest absolute Gasteiger partial charge is 0.381 e. The van der Waals surface area contributed by atoms with Crippen LogP contribution in [0, 0.1) is 5.92 Å². The molecule has 0 saturated carbocycles. The lowest BCUT2D eigenvalue weighted by atomic mass is 10.1. The second-order valence-electron chi connectivity index (χ2n) is 5.02. The van der Waals surface area contributed by atoms with E-state index in [0.717, 1.165) is 26.1 Å². The van der Waals surface area contributed by atoms with Crippen molar-refractivity contribution in [3.8, 4) is 0 Å². The molecule has 0 aliphatic carbocycles. The summed E-state index contributed by atoms with van der Waals surface area (Å²) in [6.45, 7) is 2.03. The van der Waals surface area contributed by atoms with Crippen LogP contribution in [0.5, 0.6) is 0 Å². The van der Waals surface area contributed by atoms with Gasteiger partial charge in [0.2, 0.25) is 11.8 Å². The number of hydrogen-bond donors (Lipinski definition) is 0. The molecule has 2 saturated heterocycles. The number of carbonyl (C=O) groups is 2. The van der Waals surface area contributed by atoms with Gasteiger partial charge in [0.05, 0.1) is 5.92 Å². The van der Waals surface area contributed by atoms with Crippen LogP contribution in [0.1, 0.15) is 19.3 Å². The van der Waals surface area contributed by atoms with Crippen molar-refractivity contribution in [2.24, 2.45) is 5.92 Å². The van der Waals surface area contributed by atoms with Gasteiger partial charge in [-0.25, -0.2) is 0 Å². The quantitative estimate of drug-likeness (QED) is 0.688. The zero-order valence-electron chi connectivity index (χ0n) is 10.5. The Bertz CT molecular complexity index is 311. The van der Waals surface area contributed by atoms with Crippen LogP contribution in [0.4, 0.5) is 0 Å². The fraction of sp³-hybridized carbons (Fsp3) is 0.833. The van der Waals surface area contributed by atoms with Crippen LogP contribution in [-0.2, 0) is 14.3 Å². The Morgan fingerprint density at radius 3 is 2.59 bits per heavy atom. The molecule has 5 heteroatoms. The fourth-order valence-corrected chi connectivity index (χ4v) is 2.61. The molecule has 2 rings (SSSR count). The van der Waals surface area contributed by atoms with Crippen LogP contribution in [-0.4, -0.2) is 61.5 Å². The number of rotatable bonds is 2. The van der Waals surface area contributed by atoms with Crippen LogP contribution in [0.15, 0.2) is 0 Å². The van der Waals surface area contributed by atoms with Gasteiger partial charge in [0.25, 0.3) is 0 Å². The minimum atomic E-state index is -0.152. The monoisotopic (exact) mass is 240 g/mol. The van der Waals surface area contributed by atoms with E-state index in [1.807, 2.05) is 4.90 Å². The zero-order chi connectivity index (χ0) is 12.4. The molecule has 0 unspecified atom stereocenters. The van der Waals surface area contributed by atoms with Crippen molar-refractivity contribution < 1.29 is 14.3 Å². The van der Waals surface area contributed by atoms with Crippen molar-refractivity contribution in [3.05, 3.63) is 0 Å². The summed E-state index contributed by atoms with van der Waals surface area (Å²) in [5.41, 5.74) is 0. The van der Waals surface area contributed by atoms with Crippen molar-refractivity contribution in [3.63, 3.8) is 0 Å². The molecule has 2 aliphatic heterocycles. The third-order valence-corrected chi connectivity index (χ3v) is 3.58. The highest BCUT2D eigenvalue weighted by atomic mass is 16.5. The summed E-state index contributed by atoms with van der Waals surface area (Å²) in [6, 6.07) is 0.274. The van der Waals surface area contributed by atoms with Gasteiger partial charge in [-0.2, -0.15) is 0 Å². The molecule has 2 aliphatic rings. The van der Waals surface area contributed by atoms with Crippen LogP contribution in [0.2, 0.25) is 0 Å². The lowest BCUT2D eigenvalue weighted by Crippen LogP contribution is -2.41. The molecule has 0 N–H and O–H groups in total. The smallest absolute Gasteiger partial charge is 0.227 e. The molecule has 17 heavy (non-hydrogen) atoms. The Morgan fingerprint density at radius 2 is 2.00 bits per heavy atom. The summed E-state index contributed by atoms with van der Waals surface area (Å²) in [7, 11) is 3.48. The zero-order valence-corrected chi connectivity index (χ0v) is 10.5. The van der Waals surface area contributed by atoms with E-state index in [1.165, 1.54) is 0 Å². The summed E-state index contributed by atoms with van der Waals surface area (Å²) in [5.74, 6) is 0.0327. The second kappa shape index (κ2) is 5.04. The Balaban J connectivity index is 1.97. The standard InChI is InChI=1S/C12H20N2O3/c1-13(2)12(16)9-7-11(15)14(8-9)10-3-5-17-6-4-10/h9-10H,3-8H2,1-2H3/t9-/m1/s1. The van der Waals surface area contributed by atoms with Gasteiger partial charge in [-0.1, -0.05) is 0 Å². The van der Waals surface area contributed by atoms with Crippen molar-refractivity contribution in [1.82, 2.24) is 9.80 Å². The first-order valence-electron chi connectivity index (χ1n) is 6.18. The summed E-state index contributed by atoms with van der Waals surface area (Å²) in [4.78, 5) is 27.2. The van der Waals surface area contributed by atoms with E-state index < -0.39 is 0 Å². The first kappa shape index (κ1) is 12.4. The lowest BCUT2D eigenvalue weighted by Gasteiger charge is -2.31. The van der Waals surface area contributed by atoms with Gasteiger partial charge in [0.15, 0.2) is 0 Å². The molecule has 2 amide bonds.